The molecule has 126 valence electrons. The van der Waals surface area contributed by atoms with Crippen LogP contribution >= 0.6 is 0 Å². The maximum absolute atomic E-state index is 11.1. The first-order valence-electron chi connectivity index (χ1n) is 7.45. The summed E-state index contributed by atoms with van der Waals surface area (Å²) in [5, 5.41) is 21.4. The lowest BCUT2D eigenvalue weighted by atomic mass is 9.77. The fourth-order valence-electron chi connectivity index (χ4n) is 3.69. The summed E-state index contributed by atoms with van der Waals surface area (Å²) < 4.78 is 36.1. The lowest BCUT2D eigenvalue weighted by Crippen LogP contribution is -2.39. The van der Waals surface area contributed by atoms with Gasteiger partial charge in [-0.2, -0.15) is 17.8 Å². The Bertz CT molecular complexity index is 940. The lowest BCUT2D eigenvalue weighted by molar-refractivity contribution is -0.104. The van der Waals surface area contributed by atoms with Gasteiger partial charge in [-0.05, 0) is 41.2 Å². The third kappa shape index (κ3) is 2.35. The van der Waals surface area contributed by atoms with Gasteiger partial charge in [-0.25, -0.2) is 0 Å². The summed E-state index contributed by atoms with van der Waals surface area (Å²) in [6.45, 7) is 0.320. The number of aromatic hydroxyl groups is 2. The number of hydrogen-bond donors (Lipinski definition) is 3. The maximum atomic E-state index is 11.1. The molecule has 0 fully saturated rings. The smallest absolute Gasteiger partial charge is 0.413 e. The Labute approximate surface area is 138 Å². The lowest BCUT2D eigenvalue weighted by Gasteiger charge is -2.39. The van der Waals surface area contributed by atoms with Crippen molar-refractivity contribution >= 4 is 10.4 Å². The molecule has 0 saturated heterocycles. The fraction of sp³-hybridized carbons (Fsp3) is 0.250. The second-order valence-electron chi connectivity index (χ2n) is 5.96. The average Bonchev–Trinajstić information content (AvgIpc) is 2.52. The zero-order chi connectivity index (χ0) is 17.1. The molecule has 8 heteroatoms. The number of phenols is 2. The van der Waals surface area contributed by atoms with Gasteiger partial charge in [0.25, 0.3) is 0 Å². The Morgan fingerprint density at radius 1 is 1.12 bits per heavy atom. The van der Waals surface area contributed by atoms with Crippen LogP contribution in [0.2, 0.25) is 0 Å². The van der Waals surface area contributed by atoms with Gasteiger partial charge in [0.1, 0.15) is 0 Å². The van der Waals surface area contributed by atoms with Crippen LogP contribution in [-0.2, 0) is 27.5 Å². The highest BCUT2D eigenvalue weighted by molar-refractivity contribution is 7.80. The second-order valence-corrected chi connectivity index (χ2v) is 6.96. The van der Waals surface area contributed by atoms with E-state index in [0.717, 1.165) is 22.3 Å². The number of rotatable bonds is 2. The van der Waals surface area contributed by atoms with Crippen molar-refractivity contribution < 1.29 is 27.5 Å². The van der Waals surface area contributed by atoms with Gasteiger partial charge >= 0.3 is 10.4 Å². The highest BCUT2D eigenvalue weighted by Crippen LogP contribution is 2.50. The molecule has 1 aliphatic heterocycles. The Balaban J connectivity index is 1.91. The van der Waals surface area contributed by atoms with Crippen LogP contribution in [0.1, 0.15) is 22.7 Å². The number of benzene rings is 2. The average molecular weight is 349 g/mol. The van der Waals surface area contributed by atoms with Crippen LogP contribution in [0.4, 0.5) is 0 Å². The van der Waals surface area contributed by atoms with Crippen molar-refractivity contribution in [3.05, 3.63) is 47.0 Å². The Morgan fingerprint density at radius 2 is 1.92 bits per heavy atom. The second kappa shape index (κ2) is 5.18. The molecule has 3 N–H and O–H groups in total. The first kappa shape index (κ1) is 15.4. The van der Waals surface area contributed by atoms with Gasteiger partial charge in [-0.1, -0.05) is 24.3 Å². The molecule has 0 radical (unpaired) electrons. The number of phenolic OH excluding ortho intramolecular Hbond substituents is 2. The molecular formula is C16H15NO6S. The summed E-state index contributed by atoms with van der Waals surface area (Å²) in [6.07, 6.45) is 0.937. The van der Waals surface area contributed by atoms with Gasteiger partial charge in [0.15, 0.2) is 11.5 Å². The standard InChI is InChI=1S/C16H15NO6S/c18-13-5-4-10-8-12-14-9(6-7-17(12)23-24(20,21)22)2-1-3-11(14)15(10)16(13)19/h1-5,12,18-19H,6-8H2,(H,20,21,22)/t12-/m1/s1. The van der Waals surface area contributed by atoms with Crippen molar-refractivity contribution in [1.29, 1.82) is 0 Å². The molecule has 2 aromatic rings. The normalized spacial score (nSPS) is 19.6. The van der Waals surface area contributed by atoms with Crippen LogP contribution in [0.3, 0.4) is 0 Å². The van der Waals surface area contributed by atoms with E-state index in [0.29, 0.717) is 24.9 Å². The molecule has 24 heavy (non-hydrogen) atoms. The van der Waals surface area contributed by atoms with Crippen LogP contribution in [0, 0.1) is 0 Å². The van der Waals surface area contributed by atoms with Crippen LogP contribution in [0.15, 0.2) is 30.3 Å². The van der Waals surface area contributed by atoms with Crippen molar-refractivity contribution in [1.82, 2.24) is 5.06 Å². The molecule has 1 heterocycles. The van der Waals surface area contributed by atoms with Crippen molar-refractivity contribution in [2.45, 2.75) is 18.9 Å². The highest BCUT2D eigenvalue weighted by Gasteiger charge is 2.38. The SMILES string of the molecule is O=S(=O)(O)ON1CCc2cccc3c2[C@H]1Cc1ccc(O)c(O)c1-3. The predicted octanol–water partition coefficient (Wildman–Crippen LogP) is 1.95. The van der Waals surface area contributed by atoms with E-state index >= 15 is 0 Å². The molecule has 0 aromatic heterocycles. The topological polar surface area (TPSA) is 107 Å². The van der Waals surface area contributed by atoms with Gasteiger partial charge in [-0.15, -0.1) is 0 Å². The molecule has 1 atom stereocenters. The maximum Gasteiger partial charge on any atom is 0.413 e. The van der Waals surface area contributed by atoms with E-state index in [4.69, 9.17) is 8.84 Å². The molecule has 4 rings (SSSR count). The third-order valence-electron chi connectivity index (χ3n) is 4.59. The molecular weight excluding hydrogens is 334 g/mol. The van der Waals surface area contributed by atoms with E-state index < -0.39 is 16.4 Å². The van der Waals surface area contributed by atoms with Crippen molar-refractivity contribution in [3.63, 3.8) is 0 Å². The summed E-state index contributed by atoms with van der Waals surface area (Å²) in [6, 6.07) is 8.33. The number of hydroxylamine groups is 2. The fourth-order valence-corrected chi connectivity index (χ4v) is 4.11. The molecule has 2 aromatic carbocycles. The van der Waals surface area contributed by atoms with Gasteiger partial charge in [0, 0.05) is 12.1 Å². The Hall–Kier alpha value is -2.13. The molecule has 1 aliphatic carbocycles. The summed E-state index contributed by atoms with van der Waals surface area (Å²) in [5.74, 6) is -0.390. The predicted molar refractivity (Wildman–Crippen MR) is 84.7 cm³/mol. The summed E-state index contributed by atoms with van der Waals surface area (Å²) >= 11 is 0. The summed E-state index contributed by atoms with van der Waals surface area (Å²) in [7, 11) is -4.61. The molecule has 0 spiro atoms. The minimum absolute atomic E-state index is 0.188. The van der Waals surface area contributed by atoms with E-state index in [2.05, 4.69) is 0 Å². The molecule has 7 nitrogen and oxygen atoms in total. The summed E-state index contributed by atoms with van der Waals surface area (Å²) in [4.78, 5) is 0. The number of hydrogen-bond acceptors (Lipinski definition) is 6. The van der Waals surface area contributed by atoms with E-state index in [1.54, 1.807) is 6.07 Å². The quantitative estimate of drug-likeness (QED) is 0.562. The first-order chi connectivity index (χ1) is 11.3. The van der Waals surface area contributed by atoms with E-state index in [1.165, 1.54) is 11.1 Å². The Morgan fingerprint density at radius 3 is 2.67 bits per heavy atom. The molecule has 0 amide bonds. The van der Waals surface area contributed by atoms with Gasteiger partial charge in [0.05, 0.1) is 6.04 Å². The highest BCUT2D eigenvalue weighted by atomic mass is 32.3. The zero-order valence-electron chi connectivity index (χ0n) is 12.5. The third-order valence-corrected chi connectivity index (χ3v) is 4.97. The number of nitrogens with zero attached hydrogens (tertiary/aromatic N) is 1. The van der Waals surface area contributed by atoms with E-state index in [9.17, 15) is 18.6 Å². The van der Waals surface area contributed by atoms with E-state index in [-0.39, 0.29) is 11.5 Å². The molecule has 2 aliphatic rings. The first-order valence-corrected chi connectivity index (χ1v) is 8.81. The van der Waals surface area contributed by atoms with Crippen LogP contribution < -0.4 is 0 Å². The van der Waals surface area contributed by atoms with Gasteiger partial charge in [-0.3, -0.25) is 4.55 Å². The Kier molecular flexibility index (Phi) is 3.33. The molecule has 0 saturated carbocycles. The van der Waals surface area contributed by atoms with Crippen molar-refractivity contribution in [2.24, 2.45) is 0 Å². The molecule has 0 unspecified atom stereocenters. The van der Waals surface area contributed by atoms with Crippen molar-refractivity contribution in [3.8, 4) is 22.6 Å². The van der Waals surface area contributed by atoms with E-state index in [1.807, 2.05) is 18.2 Å². The minimum atomic E-state index is -4.61. The monoisotopic (exact) mass is 349 g/mol. The van der Waals surface area contributed by atoms with Crippen molar-refractivity contribution in [2.75, 3.05) is 6.54 Å². The minimum Gasteiger partial charge on any atom is -0.504 e. The van der Waals surface area contributed by atoms with Crippen LogP contribution in [0.5, 0.6) is 11.5 Å². The number of fused-ring (bicyclic) bond motifs is 2. The summed E-state index contributed by atoms with van der Waals surface area (Å²) in [5.41, 5.74) is 3.93. The molecule has 0 bridgehead atoms. The largest absolute Gasteiger partial charge is 0.504 e. The van der Waals surface area contributed by atoms with Gasteiger partial charge < -0.3 is 10.2 Å². The van der Waals surface area contributed by atoms with Crippen LogP contribution in [-0.4, -0.2) is 34.8 Å². The van der Waals surface area contributed by atoms with Crippen LogP contribution in [0.25, 0.3) is 11.1 Å². The zero-order valence-corrected chi connectivity index (χ0v) is 13.3. The van der Waals surface area contributed by atoms with Gasteiger partial charge in [0.2, 0.25) is 0 Å².